The van der Waals surface area contributed by atoms with Gasteiger partial charge in [0.1, 0.15) is 0 Å². The summed E-state index contributed by atoms with van der Waals surface area (Å²) in [6.07, 6.45) is 3.24. The largest absolute Gasteiger partial charge is 0.131 e. The van der Waals surface area contributed by atoms with Crippen LogP contribution in [-0.4, -0.2) is 5.16 Å². The minimum absolute atomic E-state index is 0.670. The third-order valence-electron chi connectivity index (χ3n) is 6.63. The molecule has 2 bridgehead atoms. The van der Waals surface area contributed by atoms with Crippen molar-refractivity contribution in [2.75, 3.05) is 0 Å². The van der Waals surface area contributed by atoms with Gasteiger partial charge in [-0.05, 0) is 58.9 Å². The summed E-state index contributed by atoms with van der Waals surface area (Å²) in [5.41, 5.74) is 0.955. The number of fused-ring (bicyclic) bond motifs is 4. The van der Waals surface area contributed by atoms with E-state index in [9.17, 15) is 0 Å². The highest BCUT2D eigenvalue weighted by Gasteiger charge is 2.94. The first kappa shape index (κ1) is 6.02. The van der Waals surface area contributed by atoms with Crippen LogP contribution in [0.4, 0.5) is 0 Å². The van der Waals surface area contributed by atoms with Gasteiger partial charge in [0.05, 0.1) is 0 Å². The Labute approximate surface area is 75.7 Å². The first-order valence-electron chi connectivity index (χ1n) is 5.48. The second-order valence-corrected chi connectivity index (χ2v) is 7.61. The van der Waals surface area contributed by atoms with E-state index in [1.54, 1.807) is 12.8 Å². The van der Waals surface area contributed by atoms with E-state index in [0.717, 1.165) is 17.3 Å². The van der Waals surface area contributed by atoms with E-state index in [1.165, 1.54) is 23.7 Å². The third-order valence-corrected chi connectivity index (χ3v) is 7.47. The first-order chi connectivity index (χ1) is 5.69. The first-order valence-corrected chi connectivity index (χ1v) is 6.05. The van der Waals surface area contributed by atoms with Crippen molar-refractivity contribution in [3.8, 4) is 0 Å². The molecule has 0 aromatic heterocycles. The fourth-order valence-corrected chi connectivity index (χ4v) is 7.24. The number of hydrogen-bond donors (Lipinski definition) is 0. The normalized spacial score (nSPS) is 90.5. The lowest BCUT2D eigenvalue weighted by Gasteiger charge is -2.63. The summed E-state index contributed by atoms with van der Waals surface area (Å²) in [6.45, 7) is 2.53. The van der Waals surface area contributed by atoms with Crippen molar-refractivity contribution in [3.05, 3.63) is 0 Å². The van der Waals surface area contributed by atoms with Gasteiger partial charge in [-0.1, -0.05) is 6.92 Å². The van der Waals surface area contributed by atoms with Gasteiger partial charge in [0.2, 0.25) is 0 Å². The predicted molar refractivity (Wildman–Crippen MR) is 50.7 cm³/mol. The van der Waals surface area contributed by atoms with Gasteiger partial charge in [-0.25, -0.2) is 0 Å². The molecule has 64 valence electrons. The second-order valence-electron chi connectivity index (χ2n) is 6.36. The van der Waals surface area contributed by atoms with Crippen LogP contribution in [0.1, 0.15) is 19.8 Å². The van der Waals surface area contributed by atoms with Crippen LogP contribution < -0.4 is 0 Å². The Balaban J connectivity index is 1.84. The van der Waals surface area contributed by atoms with E-state index in [4.69, 9.17) is 0 Å². The summed E-state index contributed by atoms with van der Waals surface area (Å²) < 4.78 is 0. The maximum Gasteiger partial charge on any atom is -0.0113 e. The quantitative estimate of drug-likeness (QED) is 0.498. The molecule has 0 saturated heterocycles. The molecule has 0 aromatic carbocycles. The second kappa shape index (κ2) is 1.18. The van der Waals surface area contributed by atoms with Crippen LogP contribution in [0.15, 0.2) is 0 Å². The van der Waals surface area contributed by atoms with Crippen LogP contribution in [0.25, 0.3) is 0 Å². The van der Waals surface area contributed by atoms with E-state index in [2.05, 4.69) is 16.2 Å². The summed E-state index contributed by atoms with van der Waals surface area (Å²) in [5.74, 6) is 7.22. The van der Waals surface area contributed by atoms with Crippen molar-refractivity contribution in [2.45, 2.75) is 24.9 Å². The zero-order chi connectivity index (χ0) is 7.88. The van der Waals surface area contributed by atoms with Crippen LogP contribution in [0, 0.1) is 40.9 Å². The molecule has 0 amide bonds. The van der Waals surface area contributed by atoms with E-state index in [-0.39, 0.29) is 0 Å². The number of rotatable bonds is 0. The van der Waals surface area contributed by atoms with Crippen LogP contribution in [0.3, 0.4) is 0 Å². The lowest BCUT2D eigenvalue weighted by atomic mass is 9.42. The molecule has 9 unspecified atom stereocenters. The minimum atomic E-state index is 0.670. The van der Waals surface area contributed by atoms with Crippen molar-refractivity contribution in [1.29, 1.82) is 0 Å². The van der Waals surface area contributed by atoms with Crippen molar-refractivity contribution < 1.29 is 0 Å². The molecule has 1 heteroatoms. The highest BCUT2D eigenvalue weighted by atomic mass is 31.0. The minimum Gasteiger partial charge on any atom is -0.131 e. The summed E-state index contributed by atoms with van der Waals surface area (Å²) in [7, 11) is 3.22. The zero-order valence-electron chi connectivity index (χ0n) is 7.46. The fraction of sp³-hybridized carbons (Fsp3) is 1.00. The SMILES string of the molecule is CC1(P)C2CC34C(CC13)C1C2C14. The predicted octanol–water partition coefficient (Wildman–Crippen LogP) is 2.15. The van der Waals surface area contributed by atoms with Gasteiger partial charge in [-0.3, -0.25) is 0 Å². The molecule has 5 rings (SSSR count). The molecule has 5 saturated carbocycles. The Morgan fingerprint density at radius 1 is 1.25 bits per heavy atom. The van der Waals surface area contributed by atoms with Gasteiger partial charge in [0, 0.05) is 0 Å². The van der Waals surface area contributed by atoms with E-state index in [1.807, 2.05) is 0 Å². The molecule has 5 aliphatic rings. The summed E-state index contributed by atoms with van der Waals surface area (Å²) >= 11 is 0. The van der Waals surface area contributed by atoms with Crippen LogP contribution in [0.2, 0.25) is 0 Å². The molecule has 9 atom stereocenters. The lowest BCUT2D eigenvalue weighted by molar-refractivity contribution is -0.139. The highest BCUT2D eigenvalue weighted by Crippen LogP contribution is 2.98. The average molecular weight is 178 g/mol. The summed E-state index contributed by atoms with van der Waals surface area (Å²) in [6, 6.07) is 0. The molecule has 5 fully saturated rings. The number of hydrogen-bond acceptors (Lipinski definition) is 0. The summed E-state index contributed by atoms with van der Waals surface area (Å²) in [4.78, 5) is 0. The van der Waals surface area contributed by atoms with Gasteiger partial charge in [-0.15, -0.1) is 9.24 Å². The van der Waals surface area contributed by atoms with Crippen LogP contribution in [0.5, 0.6) is 0 Å². The van der Waals surface area contributed by atoms with Gasteiger partial charge in [0.15, 0.2) is 0 Å². The molecule has 0 nitrogen and oxygen atoms in total. The molecule has 1 spiro atoms. The Kier molecular flexibility index (Phi) is 0.593. The monoisotopic (exact) mass is 178 g/mol. The van der Waals surface area contributed by atoms with Crippen LogP contribution >= 0.6 is 9.24 Å². The smallest absolute Gasteiger partial charge is 0.0113 e. The summed E-state index contributed by atoms with van der Waals surface area (Å²) in [5, 5.41) is 0.670. The molecular weight excluding hydrogens is 163 g/mol. The molecule has 0 radical (unpaired) electrons. The molecule has 5 aliphatic carbocycles. The zero-order valence-corrected chi connectivity index (χ0v) is 8.61. The fourth-order valence-electron chi connectivity index (χ4n) is 6.45. The van der Waals surface area contributed by atoms with Crippen molar-refractivity contribution in [2.24, 2.45) is 40.9 Å². The third kappa shape index (κ3) is 0.281. The Morgan fingerprint density at radius 3 is 2.75 bits per heavy atom. The van der Waals surface area contributed by atoms with Gasteiger partial charge in [0.25, 0.3) is 0 Å². The molecule has 0 aliphatic heterocycles. The van der Waals surface area contributed by atoms with E-state index < -0.39 is 0 Å². The van der Waals surface area contributed by atoms with Gasteiger partial charge < -0.3 is 0 Å². The van der Waals surface area contributed by atoms with Crippen molar-refractivity contribution in [3.63, 3.8) is 0 Å². The van der Waals surface area contributed by atoms with Gasteiger partial charge in [-0.2, -0.15) is 0 Å². The van der Waals surface area contributed by atoms with Gasteiger partial charge >= 0.3 is 0 Å². The molecule has 0 heterocycles. The van der Waals surface area contributed by atoms with E-state index >= 15 is 0 Å². The average Bonchev–Trinajstić information content (AvgIpc) is 2.52. The topological polar surface area (TPSA) is 0 Å². The lowest BCUT2D eigenvalue weighted by Crippen LogP contribution is -2.59. The van der Waals surface area contributed by atoms with E-state index in [0.29, 0.717) is 5.16 Å². The molecule has 0 N–H and O–H groups in total. The standard InChI is InChI=1S/C11H15P/c1-10(12)5-3-11-4(2-6(10)11)7-8(5)9(7)11/h4-9H,2-3,12H2,1H3. The van der Waals surface area contributed by atoms with Crippen molar-refractivity contribution in [1.82, 2.24) is 0 Å². The Bertz CT molecular complexity index is 309. The molecule has 0 aromatic rings. The molecular formula is C11H15P. The highest BCUT2D eigenvalue weighted by molar-refractivity contribution is 7.19. The maximum atomic E-state index is 3.22. The maximum absolute atomic E-state index is 3.22. The Morgan fingerprint density at radius 2 is 2.00 bits per heavy atom. The van der Waals surface area contributed by atoms with Crippen LogP contribution in [-0.2, 0) is 0 Å². The molecule has 12 heavy (non-hydrogen) atoms. The van der Waals surface area contributed by atoms with Crippen molar-refractivity contribution >= 4 is 9.24 Å². The Hall–Kier alpha value is 0.430.